The molecule has 1 aliphatic rings. The minimum atomic E-state index is -2.17. The van der Waals surface area contributed by atoms with Gasteiger partial charge in [0.1, 0.15) is 0 Å². The summed E-state index contributed by atoms with van der Waals surface area (Å²) < 4.78 is 4.64. The average Bonchev–Trinajstić information content (AvgIpc) is 3.08. The molecule has 4 heteroatoms. The molecule has 0 saturated carbocycles. The SMILES string of the molecule is O=C1CCC(=O)[N-]1.c1cc[c]([Pb]([c]2ccccc2)[c]2ccccc2)cc1. The van der Waals surface area contributed by atoms with Crippen molar-refractivity contribution < 1.29 is 9.59 Å². The summed E-state index contributed by atoms with van der Waals surface area (Å²) in [5.41, 5.74) is 0. The third kappa shape index (κ3) is 5.11. The van der Waals surface area contributed by atoms with Gasteiger partial charge in [0.05, 0.1) is 11.8 Å². The molecular formula is C22H19NO2Pb-. The fraction of sp³-hybridized carbons (Fsp3) is 0.0909. The Balaban J connectivity index is 0.000000236. The molecule has 0 N–H and O–H groups in total. The molecule has 1 heterocycles. The Morgan fingerprint density at radius 3 is 1.08 bits per heavy atom. The molecule has 0 unspecified atom stereocenters. The molecule has 1 saturated heterocycles. The Bertz CT molecular complexity index is 743. The summed E-state index contributed by atoms with van der Waals surface area (Å²) in [4.78, 5) is 20.1. The Morgan fingerprint density at radius 1 is 0.538 bits per heavy atom. The number of hydrogen-bond donors (Lipinski definition) is 0. The predicted molar refractivity (Wildman–Crippen MR) is 107 cm³/mol. The van der Waals surface area contributed by atoms with Gasteiger partial charge >= 0.3 is 123 Å². The molecule has 3 nitrogen and oxygen atoms in total. The van der Waals surface area contributed by atoms with Crippen molar-refractivity contribution in [3.63, 3.8) is 0 Å². The monoisotopic (exact) mass is 537 g/mol. The van der Waals surface area contributed by atoms with E-state index in [0.29, 0.717) is 12.8 Å². The van der Waals surface area contributed by atoms with Crippen LogP contribution >= 0.6 is 0 Å². The van der Waals surface area contributed by atoms with Gasteiger partial charge in [-0.1, -0.05) is 0 Å². The Labute approximate surface area is 162 Å². The van der Waals surface area contributed by atoms with Crippen molar-refractivity contribution in [1.82, 2.24) is 0 Å². The van der Waals surface area contributed by atoms with Crippen LogP contribution in [0.3, 0.4) is 0 Å². The molecule has 0 atom stereocenters. The molecule has 1 radical (unpaired) electrons. The molecule has 3 aromatic rings. The maximum atomic E-state index is 10.1. The zero-order chi connectivity index (χ0) is 18.2. The van der Waals surface area contributed by atoms with Crippen LogP contribution in [0.5, 0.6) is 0 Å². The van der Waals surface area contributed by atoms with E-state index < -0.39 is 22.7 Å². The van der Waals surface area contributed by atoms with Gasteiger partial charge in [-0.2, -0.15) is 0 Å². The predicted octanol–water partition coefficient (Wildman–Crippen LogP) is 2.41. The quantitative estimate of drug-likeness (QED) is 0.382. The summed E-state index contributed by atoms with van der Waals surface area (Å²) in [6.45, 7) is 0. The molecule has 2 amide bonds. The van der Waals surface area contributed by atoms with Crippen molar-refractivity contribution in [1.29, 1.82) is 0 Å². The van der Waals surface area contributed by atoms with E-state index in [9.17, 15) is 9.59 Å². The Morgan fingerprint density at radius 2 is 0.846 bits per heavy atom. The van der Waals surface area contributed by atoms with Crippen molar-refractivity contribution in [2.45, 2.75) is 12.8 Å². The summed E-state index contributed by atoms with van der Waals surface area (Å²) in [7, 11) is 0. The Hall–Kier alpha value is -2.28. The first-order chi connectivity index (χ1) is 12.7. The summed E-state index contributed by atoms with van der Waals surface area (Å²) in [6, 6.07) is 33.0. The molecule has 26 heavy (non-hydrogen) atoms. The number of imide groups is 1. The van der Waals surface area contributed by atoms with E-state index in [1.807, 2.05) is 0 Å². The van der Waals surface area contributed by atoms with Crippen LogP contribution < -0.4 is 9.37 Å². The molecule has 1 aliphatic heterocycles. The van der Waals surface area contributed by atoms with Gasteiger partial charge in [-0.25, -0.2) is 0 Å². The second-order valence-corrected chi connectivity index (χ2v) is 15.5. The second kappa shape index (κ2) is 9.43. The number of carbonyl (C=O) groups excluding carboxylic acids is 2. The molecule has 3 aromatic carbocycles. The van der Waals surface area contributed by atoms with Gasteiger partial charge in [0.15, 0.2) is 0 Å². The van der Waals surface area contributed by atoms with Gasteiger partial charge in [-0.05, 0) is 12.8 Å². The van der Waals surface area contributed by atoms with Crippen molar-refractivity contribution in [3.8, 4) is 0 Å². The second-order valence-electron chi connectivity index (χ2n) is 5.87. The molecule has 0 bridgehead atoms. The summed E-state index contributed by atoms with van der Waals surface area (Å²) in [5, 5.41) is 3.11. The van der Waals surface area contributed by atoms with Crippen LogP contribution in [-0.4, -0.2) is 34.5 Å². The van der Waals surface area contributed by atoms with Gasteiger partial charge in [0, 0.05) is 0 Å². The minimum absolute atomic E-state index is 0.273. The molecule has 0 aromatic heterocycles. The van der Waals surface area contributed by atoms with Gasteiger partial charge in [-0.15, -0.1) is 0 Å². The summed E-state index contributed by atoms with van der Waals surface area (Å²) >= 11 is -2.17. The topological polar surface area (TPSA) is 48.2 Å². The number of hydrogen-bond acceptors (Lipinski definition) is 2. The maximum absolute atomic E-state index is 10.1. The van der Waals surface area contributed by atoms with Gasteiger partial charge in [-0.3, -0.25) is 0 Å². The van der Waals surface area contributed by atoms with E-state index in [0.717, 1.165) is 0 Å². The number of rotatable bonds is 3. The average molecular weight is 537 g/mol. The van der Waals surface area contributed by atoms with Gasteiger partial charge in [0.25, 0.3) is 0 Å². The number of nitrogens with zero attached hydrogens (tertiary/aromatic N) is 1. The van der Waals surface area contributed by atoms with Crippen molar-refractivity contribution in [2.24, 2.45) is 0 Å². The summed E-state index contributed by atoms with van der Waals surface area (Å²) in [6.07, 6.45) is 0.637. The van der Waals surface area contributed by atoms with Crippen molar-refractivity contribution >= 4 is 43.9 Å². The van der Waals surface area contributed by atoms with E-state index in [2.05, 4.69) is 96.3 Å². The first kappa shape index (κ1) is 18.5. The van der Waals surface area contributed by atoms with E-state index in [4.69, 9.17) is 0 Å². The first-order valence-corrected chi connectivity index (χ1v) is 14.4. The molecule has 0 aliphatic carbocycles. The zero-order valence-corrected chi connectivity index (χ0v) is 18.2. The summed E-state index contributed by atoms with van der Waals surface area (Å²) in [5.74, 6) is -0.546. The van der Waals surface area contributed by atoms with Crippen LogP contribution in [0.1, 0.15) is 12.8 Å². The van der Waals surface area contributed by atoms with Gasteiger partial charge in [0.2, 0.25) is 0 Å². The molecule has 4 rings (SSSR count). The number of amides is 2. The van der Waals surface area contributed by atoms with Gasteiger partial charge < -0.3 is 14.9 Å². The van der Waals surface area contributed by atoms with Crippen LogP contribution in [0, 0.1) is 0 Å². The normalized spacial score (nSPS) is 13.1. The Kier molecular flexibility index (Phi) is 6.71. The third-order valence-corrected chi connectivity index (χ3v) is 14.6. The molecular weight excluding hydrogens is 517 g/mol. The van der Waals surface area contributed by atoms with Crippen molar-refractivity contribution in [2.75, 3.05) is 0 Å². The van der Waals surface area contributed by atoms with E-state index in [1.54, 1.807) is 9.37 Å². The van der Waals surface area contributed by atoms with Crippen LogP contribution in [0.4, 0.5) is 0 Å². The van der Waals surface area contributed by atoms with E-state index >= 15 is 0 Å². The van der Waals surface area contributed by atoms with Crippen LogP contribution in [0.2, 0.25) is 0 Å². The number of carbonyl (C=O) groups is 2. The van der Waals surface area contributed by atoms with E-state index in [-0.39, 0.29) is 11.8 Å². The van der Waals surface area contributed by atoms with Crippen LogP contribution in [0.25, 0.3) is 5.32 Å². The van der Waals surface area contributed by atoms with Crippen LogP contribution in [-0.2, 0) is 9.59 Å². The third-order valence-electron chi connectivity index (χ3n) is 3.99. The molecule has 0 spiro atoms. The standard InChI is InChI=1S/3C6H5.C4H5NO2.Pb/c3*1-2-4-6-5-3-1;6-3-1-2-4(7)5-3;/h3*1-5H;1-2H2,(H,5,6,7);/p-1. The fourth-order valence-electron chi connectivity index (χ4n) is 2.78. The first-order valence-electron chi connectivity index (χ1n) is 8.54. The van der Waals surface area contributed by atoms with Crippen molar-refractivity contribution in [3.05, 3.63) is 96.3 Å². The van der Waals surface area contributed by atoms with Crippen LogP contribution in [0.15, 0.2) is 91.0 Å². The molecule has 129 valence electrons. The number of benzene rings is 3. The molecule has 1 fully saturated rings. The zero-order valence-electron chi connectivity index (χ0n) is 14.3. The fourth-order valence-corrected chi connectivity index (χ4v) is 12.8. The van der Waals surface area contributed by atoms with E-state index in [1.165, 1.54) is 0 Å².